The largest absolute Gasteiger partial charge is 0.462 e. The van der Waals surface area contributed by atoms with Crippen molar-refractivity contribution >= 4 is 11.8 Å². The van der Waals surface area contributed by atoms with E-state index in [0.717, 1.165) is 51.4 Å². The predicted molar refractivity (Wildman–Crippen MR) is 108 cm³/mol. The van der Waals surface area contributed by atoms with Crippen molar-refractivity contribution in [3.63, 3.8) is 0 Å². The second kappa shape index (κ2) is 7.27. The Balaban J connectivity index is 1.53. The number of aliphatic hydroxyl groups is 1. The van der Waals surface area contributed by atoms with Gasteiger partial charge in [0.05, 0.1) is 6.10 Å². The van der Waals surface area contributed by atoms with E-state index in [1.54, 1.807) is 0 Å². The zero-order valence-corrected chi connectivity index (χ0v) is 17.7. The number of Topliss-reactive ketones (excluding diaryl/α,β-unsaturated/α-hetero) is 1. The number of unbranched alkanes of at least 4 members (excludes halogenated alkanes) is 1. The molecule has 0 amide bonds. The molecule has 0 aromatic carbocycles. The van der Waals surface area contributed by atoms with E-state index >= 15 is 0 Å². The molecule has 0 spiro atoms. The molecule has 4 heteroatoms. The lowest BCUT2D eigenvalue weighted by Crippen LogP contribution is -2.54. The molecule has 3 fully saturated rings. The van der Waals surface area contributed by atoms with Crippen molar-refractivity contribution in [3.8, 4) is 0 Å². The van der Waals surface area contributed by atoms with E-state index in [1.165, 1.54) is 5.57 Å². The van der Waals surface area contributed by atoms with Gasteiger partial charge in [0, 0.05) is 24.7 Å². The monoisotopic (exact) mass is 388 g/mol. The minimum Gasteiger partial charge on any atom is -0.462 e. The molecule has 4 nitrogen and oxygen atoms in total. The van der Waals surface area contributed by atoms with Crippen LogP contribution in [0, 0.1) is 28.6 Å². The van der Waals surface area contributed by atoms with E-state index in [4.69, 9.17) is 4.74 Å². The lowest BCUT2D eigenvalue weighted by molar-refractivity contribution is -0.152. The van der Waals surface area contributed by atoms with Gasteiger partial charge in [-0.15, -0.1) is 0 Å². The highest BCUT2D eigenvalue weighted by Gasteiger charge is 2.60. The van der Waals surface area contributed by atoms with Gasteiger partial charge in [-0.25, -0.2) is 0 Å². The second-order valence-electron chi connectivity index (χ2n) is 10.3. The van der Waals surface area contributed by atoms with E-state index in [9.17, 15) is 14.7 Å². The molecule has 156 valence electrons. The zero-order chi connectivity index (χ0) is 20.1. The summed E-state index contributed by atoms with van der Waals surface area (Å²) in [4.78, 5) is 24.6. The third kappa shape index (κ3) is 3.07. The number of ketones is 1. The number of aliphatic hydroxyl groups excluding tert-OH is 1. The van der Waals surface area contributed by atoms with Crippen LogP contribution in [0.4, 0.5) is 0 Å². The summed E-state index contributed by atoms with van der Waals surface area (Å²) in [5.41, 5.74) is 1.13. The van der Waals surface area contributed by atoms with Gasteiger partial charge < -0.3 is 9.84 Å². The highest BCUT2D eigenvalue weighted by Crippen LogP contribution is 2.64. The molecule has 4 unspecified atom stereocenters. The van der Waals surface area contributed by atoms with Crippen molar-refractivity contribution in [2.24, 2.45) is 28.6 Å². The number of ether oxygens (including phenoxy) is 1. The van der Waals surface area contributed by atoms with Gasteiger partial charge in [0.2, 0.25) is 0 Å². The smallest absolute Gasteiger partial charge is 0.306 e. The van der Waals surface area contributed by atoms with Crippen LogP contribution in [0.2, 0.25) is 0 Å². The molecule has 0 radical (unpaired) electrons. The number of esters is 1. The predicted octanol–water partition coefficient (Wildman–Crippen LogP) is 4.59. The summed E-state index contributed by atoms with van der Waals surface area (Å²) < 4.78 is 5.75. The summed E-state index contributed by atoms with van der Waals surface area (Å²) in [7, 11) is 0. The van der Waals surface area contributed by atoms with Gasteiger partial charge in [0.25, 0.3) is 0 Å². The van der Waals surface area contributed by atoms with Crippen LogP contribution >= 0.6 is 0 Å². The first-order valence-electron chi connectivity index (χ1n) is 11.4. The first-order chi connectivity index (χ1) is 13.3. The topological polar surface area (TPSA) is 63.6 Å². The number of rotatable bonds is 4. The van der Waals surface area contributed by atoms with Crippen molar-refractivity contribution in [2.75, 3.05) is 0 Å². The van der Waals surface area contributed by atoms with Crippen LogP contribution < -0.4 is 0 Å². The van der Waals surface area contributed by atoms with Crippen LogP contribution in [0.25, 0.3) is 0 Å². The lowest BCUT2D eigenvalue weighted by Gasteiger charge is -2.58. The normalized spacial score (nSPS) is 44.9. The minimum absolute atomic E-state index is 0.0469. The third-order valence-electron chi connectivity index (χ3n) is 8.83. The van der Waals surface area contributed by atoms with Crippen LogP contribution in [-0.4, -0.2) is 29.1 Å². The molecular formula is C24H36O4. The maximum Gasteiger partial charge on any atom is 0.306 e. The summed E-state index contributed by atoms with van der Waals surface area (Å²) in [5, 5.41) is 11.1. The summed E-state index contributed by atoms with van der Waals surface area (Å²) in [6.45, 7) is 6.58. The maximum atomic E-state index is 12.5. The average molecular weight is 389 g/mol. The molecule has 28 heavy (non-hydrogen) atoms. The molecule has 4 aliphatic rings. The molecule has 0 heterocycles. The van der Waals surface area contributed by atoms with Crippen LogP contribution in [-0.2, 0) is 14.3 Å². The summed E-state index contributed by atoms with van der Waals surface area (Å²) in [5.74, 6) is 1.27. The molecule has 4 rings (SSSR count). The number of hydrogen-bond donors (Lipinski definition) is 1. The zero-order valence-electron chi connectivity index (χ0n) is 17.7. The molecule has 3 saturated carbocycles. The number of carbonyl (C=O) groups excluding carboxylic acids is 2. The number of carbonyl (C=O) groups is 2. The Kier molecular flexibility index (Phi) is 5.22. The highest BCUT2D eigenvalue weighted by atomic mass is 16.5. The molecule has 0 saturated heterocycles. The molecule has 0 bridgehead atoms. The SMILES string of the molecule is CCCCC(=O)O[C@H]1CC[C@@]2(C)C(=CC(O)C3C2CC[C@]2(C)C(=O)CCC32)C1. The van der Waals surface area contributed by atoms with E-state index in [-0.39, 0.29) is 28.8 Å². The Morgan fingerprint density at radius 1 is 1.18 bits per heavy atom. The fraction of sp³-hybridized carbons (Fsp3) is 0.833. The fourth-order valence-corrected chi connectivity index (χ4v) is 7.05. The van der Waals surface area contributed by atoms with Gasteiger partial charge in [-0.1, -0.05) is 38.8 Å². The van der Waals surface area contributed by atoms with Crippen LogP contribution in [0.5, 0.6) is 0 Å². The van der Waals surface area contributed by atoms with Gasteiger partial charge in [0.15, 0.2) is 0 Å². The highest BCUT2D eigenvalue weighted by molar-refractivity contribution is 5.87. The molecule has 7 atom stereocenters. The Hall–Kier alpha value is -1.16. The molecular weight excluding hydrogens is 352 g/mol. The van der Waals surface area contributed by atoms with Crippen LogP contribution in [0.3, 0.4) is 0 Å². The van der Waals surface area contributed by atoms with Crippen molar-refractivity contribution in [1.82, 2.24) is 0 Å². The average Bonchev–Trinajstić information content (AvgIpc) is 2.96. The standard InChI is InChI=1S/C24H36O4/c1-4-5-6-21(27)28-16-9-11-23(2)15(13-16)14-19(25)22-17-7-8-20(26)24(17,3)12-10-18(22)23/h14,16-19,22,25H,4-13H2,1-3H3/t16-,17?,18?,19?,22?,23-,24-/m0/s1. The van der Waals surface area contributed by atoms with E-state index in [1.807, 2.05) is 0 Å². The van der Waals surface area contributed by atoms with Crippen LogP contribution in [0.15, 0.2) is 11.6 Å². The first-order valence-corrected chi connectivity index (χ1v) is 11.4. The fourth-order valence-electron chi connectivity index (χ4n) is 7.05. The first kappa shape index (κ1) is 20.1. The molecule has 0 aliphatic heterocycles. The minimum atomic E-state index is -0.474. The molecule has 4 aliphatic carbocycles. The molecule has 0 aromatic heterocycles. The Morgan fingerprint density at radius 2 is 1.89 bits per heavy atom. The molecule has 1 N–H and O–H groups in total. The summed E-state index contributed by atoms with van der Waals surface area (Å²) in [6.07, 6.45) is 10.2. The van der Waals surface area contributed by atoms with Crippen molar-refractivity contribution < 1.29 is 19.4 Å². The van der Waals surface area contributed by atoms with Crippen LogP contribution in [0.1, 0.15) is 85.0 Å². The number of fused-ring (bicyclic) bond motifs is 5. The quantitative estimate of drug-likeness (QED) is 0.565. The summed E-state index contributed by atoms with van der Waals surface area (Å²) in [6, 6.07) is 0. The van der Waals surface area contributed by atoms with E-state index in [0.29, 0.717) is 30.5 Å². The van der Waals surface area contributed by atoms with Gasteiger partial charge in [-0.2, -0.15) is 0 Å². The Morgan fingerprint density at radius 3 is 2.64 bits per heavy atom. The van der Waals surface area contributed by atoms with E-state index in [2.05, 4.69) is 26.8 Å². The Labute approximate surface area is 169 Å². The third-order valence-corrected chi connectivity index (χ3v) is 8.83. The molecule has 0 aromatic rings. The van der Waals surface area contributed by atoms with Gasteiger partial charge in [0.1, 0.15) is 11.9 Å². The number of hydrogen-bond acceptors (Lipinski definition) is 4. The van der Waals surface area contributed by atoms with Gasteiger partial charge in [-0.3, -0.25) is 9.59 Å². The Bertz CT molecular complexity index is 682. The lowest BCUT2D eigenvalue weighted by atomic mass is 9.47. The summed E-state index contributed by atoms with van der Waals surface area (Å²) >= 11 is 0. The van der Waals surface area contributed by atoms with Crippen molar-refractivity contribution in [1.29, 1.82) is 0 Å². The van der Waals surface area contributed by atoms with Gasteiger partial charge in [-0.05, 0) is 61.7 Å². The van der Waals surface area contributed by atoms with Crippen molar-refractivity contribution in [2.45, 2.75) is 97.2 Å². The maximum absolute atomic E-state index is 12.5. The second-order valence-corrected chi connectivity index (χ2v) is 10.3. The van der Waals surface area contributed by atoms with Crippen molar-refractivity contribution in [3.05, 3.63) is 11.6 Å². The van der Waals surface area contributed by atoms with Gasteiger partial charge >= 0.3 is 5.97 Å². The van der Waals surface area contributed by atoms with E-state index < -0.39 is 6.10 Å².